The van der Waals surface area contributed by atoms with E-state index in [-0.39, 0.29) is 11.1 Å². The van der Waals surface area contributed by atoms with E-state index in [1.807, 2.05) is 0 Å². The zero-order valence-corrected chi connectivity index (χ0v) is 13.0. The fourth-order valence-corrected chi connectivity index (χ4v) is 5.04. The zero-order valence-electron chi connectivity index (χ0n) is 13.0. The molecule has 2 unspecified atom stereocenters. The summed E-state index contributed by atoms with van der Waals surface area (Å²) >= 11 is 0. The largest absolute Gasteiger partial charge is 0.399 e. The van der Waals surface area contributed by atoms with E-state index < -0.39 is 0 Å². The molecule has 2 aliphatic rings. The van der Waals surface area contributed by atoms with Crippen molar-refractivity contribution in [3.8, 4) is 0 Å². The lowest BCUT2D eigenvalue weighted by molar-refractivity contribution is 0.103. The van der Waals surface area contributed by atoms with Gasteiger partial charge < -0.3 is 5.73 Å². The van der Waals surface area contributed by atoms with Crippen molar-refractivity contribution in [3.63, 3.8) is 0 Å². The van der Waals surface area contributed by atoms with E-state index in [0.29, 0.717) is 0 Å². The molecule has 21 heavy (non-hydrogen) atoms. The minimum atomic E-state index is -0.0166. The van der Waals surface area contributed by atoms with Gasteiger partial charge in [0.2, 0.25) is 0 Å². The van der Waals surface area contributed by atoms with E-state index in [9.17, 15) is 0 Å². The quantitative estimate of drug-likeness (QED) is 0.846. The molecule has 2 heterocycles. The second kappa shape index (κ2) is 3.89. The highest BCUT2D eigenvalue weighted by Crippen LogP contribution is 2.64. The van der Waals surface area contributed by atoms with Gasteiger partial charge in [0.1, 0.15) is 0 Å². The van der Waals surface area contributed by atoms with Gasteiger partial charge in [-0.2, -0.15) is 0 Å². The van der Waals surface area contributed by atoms with Gasteiger partial charge in [0, 0.05) is 5.69 Å². The van der Waals surface area contributed by atoms with Crippen LogP contribution in [-0.2, 0) is 11.1 Å². The molecule has 0 amide bonds. The molecule has 2 bridgehead atoms. The van der Waals surface area contributed by atoms with Crippen LogP contribution in [0.5, 0.6) is 0 Å². The third-order valence-electron chi connectivity index (χ3n) is 5.92. The van der Waals surface area contributed by atoms with Crippen molar-refractivity contribution < 1.29 is 0 Å². The third-order valence-corrected chi connectivity index (χ3v) is 5.92. The van der Waals surface area contributed by atoms with Crippen LogP contribution in [0, 0.1) is 0 Å². The molecule has 2 aromatic rings. The van der Waals surface area contributed by atoms with Crippen LogP contribution in [0.1, 0.15) is 48.9 Å². The molecule has 2 nitrogen and oxygen atoms in total. The third kappa shape index (κ3) is 1.16. The summed E-state index contributed by atoms with van der Waals surface area (Å²) in [7, 11) is 2.28. The highest BCUT2D eigenvalue weighted by molar-refractivity contribution is 5.67. The van der Waals surface area contributed by atoms with Crippen LogP contribution < -0.4 is 5.73 Å². The Hall–Kier alpha value is -1.80. The lowest BCUT2D eigenvalue weighted by Gasteiger charge is -2.36. The van der Waals surface area contributed by atoms with E-state index in [2.05, 4.69) is 68.3 Å². The van der Waals surface area contributed by atoms with E-state index in [1.54, 1.807) is 0 Å². The molecule has 0 spiro atoms. The molecule has 0 aliphatic carbocycles. The Balaban J connectivity index is 2.17. The standard InChI is InChI=1S/C19H22N2/c1-4-18-14-8-6-7-9-15(14)19(5-2,21(18)3)17-12-13(20)10-11-16(17)18/h6-12H,4-5,20H2,1-3H3. The van der Waals surface area contributed by atoms with E-state index in [0.717, 1.165) is 18.5 Å². The van der Waals surface area contributed by atoms with Gasteiger partial charge in [-0.3, -0.25) is 4.90 Å². The minimum absolute atomic E-state index is 0.00956. The summed E-state index contributed by atoms with van der Waals surface area (Å²) in [6, 6.07) is 15.5. The molecule has 0 saturated carbocycles. The summed E-state index contributed by atoms with van der Waals surface area (Å²) in [6.45, 7) is 4.59. The zero-order chi connectivity index (χ0) is 14.8. The molecule has 0 fully saturated rings. The summed E-state index contributed by atoms with van der Waals surface area (Å²) in [5.74, 6) is 0. The molecule has 108 valence electrons. The molecule has 0 radical (unpaired) electrons. The minimum Gasteiger partial charge on any atom is -0.399 e. The topological polar surface area (TPSA) is 29.3 Å². The molecular weight excluding hydrogens is 256 g/mol. The maximum absolute atomic E-state index is 6.11. The summed E-state index contributed by atoms with van der Waals surface area (Å²) in [6.07, 6.45) is 2.15. The first-order valence-corrected chi connectivity index (χ1v) is 7.87. The van der Waals surface area contributed by atoms with Crippen LogP contribution in [-0.4, -0.2) is 11.9 Å². The Morgan fingerprint density at radius 3 is 1.95 bits per heavy atom. The number of fused-ring (bicyclic) bond motifs is 8. The Labute approximate surface area is 126 Å². The highest BCUT2D eigenvalue weighted by atomic mass is 15.3. The molecule has 2 N–H and O–H groups in total. The van der Waals surface area contributed by atoms with Crippen LogP contribution in [0.2, 0.25) is 0 Å². The normalized spacial score (nSPS) is 29.5. The molecule has 0 aromatic heterocycles. The lowest BCUT2D eigenvalue weighted by Crippen LogP contribution is -2.42. The summed E-state index contributed by atoms with van der Waals surface area (Å²) < 4.78 is 0. The van der Waals surface area contributed by atoms with Gasteiger partial charge in [0.05, 0.1) is 11.1 Å². The Morgan fingerprint density at radius 1 is 0.857 bits per heavy atom. The monoisotopic (exact) mass is 278 g/mol. The summed E-state index contributed by atoms with van der Waals surface area (Å²) in [5.41, 5.74) is 12.8. The van der Waals surface area contributed by atoms with Crippen molar-refractivity contribution >= 4 is 5.69 Å². The Kier molecular flexibility index (Phi) is 2.39. The average Bonchev–Trinajstić information content (AvgIpc) is 2.87. The molecule has 4 rings (SSSR count). The Bertz CT molecular complexity index is 736. The number of hydrogen-bond donors (Lipinski definition) is 1. The summed E-state index contributed by atoms with van der Waals surface area (Å²) in [4.78, 5) is 2.59. The Morgan fingerprint density at radius 2 is 1.38 bits per heavy atom. The molecule has 2 aliphatic heterocycles. The first-order valence-electron chi connectivity index (χ1n) is 7.87. The van der Waals surface area contributed by atoms with Gasteiger partial charge in [-0.05, 0) is 54.3 Å². The van der Waals surface area contributed by atoms with Gasteiger partial charge in [-0.1, -0.05) is 44.2 Å². The van der Waals surface area contributed by atoms with Crippen molar-refractivity contribution in [2.24, 2.45) is 0 Å². The van der Waals surface area contributed by atoms with Gasteiger partial charge in [0.25, 0.3) is 0 Å². The van der Waals surface area contributed by atoms with Crippen LogP contribution in [0.25, 0.3) is 0 Å². The SMILES string of the molecule is CCC12c3ccccc3C(CC)(c3cc(N)ccc31)N2C. The van der Waals surface area contributed by atoms with Crippen molar-refractivity contribution in [3.05, 3.63) is 64.7 Å². The van der Waals surface area contributed by atoms with E-state index >= 15 is 0 Å². The van der Waals surface area contributed by atoms with Crippen LogP contribution in [0.4, 0.5) is 5.69 Å². The van der Waals surface area contributed by atoms with Crippen molar-refractivity contribution in [2.45, 2.75) is 37.8 Å². The van der Waals surface area contributed by atoms with Crippen molar-refractivity contribution in [1.29, 1.82) is 0 Å². The number of benzene rings is 2. The molecule has 2 heteroatoms. The fourth-order valence-electron chi connectivity index (χ4n) is 5.04. The second-order valence-electron chi connectivity index (χ2n) is 6.34. The summed E-state index contributed by atoms with van der Waals surface area (Å²) in [5, 5.41) is 0. The molecule has 2 atom stereocenters. The first-order chi connectivity index (χ1) is 10.1. The van der Waals surface area contributed by atoms with Crippen molar-refractivity contribution in [1.82, 2.24) is 4.90 Å². The van der Waals surface area contributed by atoms with Crippen LogP contribution in [0.3, 0.4) is 0 Å². The fraction of sp³-hybridized carbons (Fsp3) is 0.368. The number of rotatable bonds is 2. The van der Waals surface area contributed by atoms with Crippen LogP contribution in [0.15, 0.2) is 42.5 Å². The maximum Gasteiger partial charge on any atom is 0.0727 e. The predicted molar refractivity (Wildman–Crippen MR) is 87.2 cm³/mol. The van der Waals surface area contributed by atoms with Gasteiger partial charge in [-0.25, -0.2) is 0 Å². The first kappa shape index (κ1) is 12.9. The van der Waals surface area contributed by atoms with Gasteiger partial charge in [-0.15, -0.1) is 0 Å². The van der Waals surface area contributed by atoms with E-state index in [1.165, 1.54) is 22.3 Å². The number of hydrogen-bond acceptors (Lipinski definition) is 2. The van der Waals surface area contributed by atoms with Gasteiger partial charge in [0.15, 0.2) is 0 Å². The molecule has 0 saturated heterocycles. The predicted octanol–water partition coefficient (Wildman–Crippen LogP) is 3.83. The number of nitrogens with zero attached hydrogens (tertiary/aromatic N) is 1. The van der Waals surface area contributed by atoms with E-state index in [4.69, 9.17) is 5.73 Å². The van der Waals surface area contributed by atoms with Gasteiger partial charge >= 0.3 is 0 Å². The highest BCUT2D eigenvalue weighted by Gasteiger charge is 2.63. The van der Waals surface area contributed by atoms with Crippen molar-refractivity contribution in [2.75, 3.05) is 12.8 Å². The molecular formula is C19H22N2. The van der Waals surface area contributed by atoms with Crippen LogP contribution >= 0.6 is 0 Å². The second-order valence-corrected chi connectivity index (χ2v) is 6.34. The maximum atomic E-state index is 6.11. The number of nitrogen functional groups attached to an aromatic ring is 1. The average molecular weight is 278 g/mol. The number of nitrogens with two attached hydrogens (primary N) is 1. The molecule has 2 aromatic carbocycles. The lowest BCUT2D eigenvalue weighted by atomic mass is 9.71. The smallest absolute Gasteiger partial charge is 0.0727 e. The number of anilines is 1.